The first-order valence-corrected chi connectivity index (χ1v) is 12.9. The number of carbonyl (C=O) groups excluding carboxylic acids is 1. The lowest BCUT2D eigenvalue weighted by atomic mass is 9.92. The number of hydrogen-bond acceptors (Lipinski definition) is 9. The molecule has 0 bridgehead atoms. The molecular weight excluding hydrogens is 474 g/mol. The van der Waals surface area contributed by atoms with Crippen LogP contribution in [-0.4, -0.2) is 66.3 Å². The Morgan fingerprint density at radius 3 is 2.42 bits per heavy atom. The summed E-state index contributed by atoms with van der Waals surface area (Å²) in [6, 6.07) is 13.6. The fourth-order valence-corrected chi connectivity index (χ4v) is 5.43. The topological polar surface area (TPSA) is 156 Å². The molecule has 1 aliphatic heterocycles. The van der Waals surface area contributed by atoms with Crippen molar-refractivity contribution in [2.75, 3.05) is 44.7 Å². The second-order valence-electron chi connectivity index (χ2n) is 9.05. The maximum absolute atomic E-state index is 12.3. The second-order valence-corrected chi connectivity index (χ2v) is 10.1. The molecule has 1 aromatic carbocycles. The molecule has 2 heterocycles. The second kappa shape index (κ2) is 12.2. The summed E-state index contributed by atoms with van der Waals surface area (Å²) in [7, 11) is 1.87. The minimum absolute atomic E-state index is 0.261. The van der Waals surface area contributed by atoms with Gasteiger partial charge in [0.1, 0.15) is 28.2 Å². The summed E-state index contributed by atoms with van der Waals surface area (Å²) >= 11 is 1.14. The van der Waals surface area contributed by atoms with Crippen LogP contribution in [0.1, 0.15) is 47.3 Å². The average molecular weight is 508 g/mol. The molecule has 0 spiro atoms. The van der Waals surface area contributed by atoms with Crippen LogP contribution < -0.4 is 16.4 Å². The summed E-state index contributed by atoms with van der Waals surface area (Å²) in [5.74, 6) is -0.0562. The number of anilines is 1. The molecule has 10 heteroatoms. The van der Waals surface area contributed by atoms with Crippen molar-refractivity contribution in [3.63, 3.8) is 0 Å². The number of piperidine rings is 1. The van der Waals surface area contributed by atoms with Crippen molar-refractivity contribution in [3.8, 4) is 12.1 Å². The maximum Gasteiger partial charge on any atom is 0.235 e. The lowest BCUT2D eigenvalue weighted by Gasteiger charge is -2.38. The van der Waals surface area contributed by atoms with Gasteiger partial charge in [-0.3, -0.25) is 4.79 Å². The van der Waals surface area contributed by atoms with Gasteiger partial charge in [-0.1, -0.05) is 49.0 Å². The lowest BCUT2D eigenvalue weighted by molar-refractivity contribution is -0.117. The van der Waals surface area contributed by atoms with E-state index in [-0.39, 0.29) is 6.54 Å². The number of nitriles is 2. The van der Waals surface area contributed by atoms with E-state index < -0.39 is 16.8 Å². The molecule has 1 atom stereocenters. The van der Waals surface area contributed by atoms with E-state index in [4.69, 9.17) is 16.5 Å². The van der Waals surface area contributed by atoms with Crippen LogP contribution in [0.3, 0.4) is 0 Å². The minimum Gasteiger partial charge on any atom is -0.388 e. The zero-order valence-corrected chi connectivity index (χ0v) is 21.6. The van der Waals surface area contributed by atoms with Crippen molar-refractivity contribution in [2.45, 2.75) is 42.1 Å². The Morgan fingerprint density at radius 2 is 1.89 bits per heavy atom. The molecule has 9 nitrogen and oxygen atoms in total. The number of nitrogens with zero attached hydrogens (tertiary/aromatic N) is 5. The zero-order valence-electron chi connectivity index (χ0n) is 20.8. The monoisotopic (exact) mass is 507 g/mol. The predicted molar refractivity (Wildman–Crippen MR) is 140 cm³/mol. The molecule has 0 aliphatic carbocycles. The maximum atomic E-state index is 12.3. The van der Waals surface area contributed by atoms with Gasteiger partial charge in [0.15, 0.2) is 0 Å². The highest BCUT2D eigenvalue weighted by Gasteiger charge is 2.31. The quantitative estimate of drug-likeness (QED) is 0.409. The fraction of sp³-hybridized carbons (Fsp3) is 0.462. The van der Waals surface area contributed by atoms with E-state index in [1.54, 1.807) is 0 Å². The van der Waals surface area contributed by atoms with Gasteiger partial charge in [0, 0.05) is 39.8 Å². The molecule has 1 aliphatic rings. The number of likely N-dealkylation sites (N-methyl/N-ethyl adjacent to an activating group) is 1. The van der Waals surface area contributed by atoms with Gasteiger partial charge in [0.05, 0.1) is 16.7 Å². The number of amides is 1. The molecule has 1 aromatic heterocycles. The Bertz CT molecular complexity index is 1150. The highest BCUT2D eigenvalue weighted by Crippen LogP contribution is 2.39. The van der Waals surface area contributed by atoms with E-state index in [1.807, 2.05) is 49.2 Å². The number of benzene rings is 1. The Hall–Kier alpha value is -3.15. The first-order chi connectivity index (χ1) is 17.3. The minimum atomic E-state index is -0.789. The van der Waals surface area contributed by atoms with Crippen LogP contribution in [0.5, 0.6) is 0 Å². The molecule has 1 unspecified atom stereocenters. The normalized spacial score (nSPS) is 16.1. The highest BCUT2D eigenvalue weighted by atomic mass is 32.2. The largest absolute Gasteiger partial charge is 0.388 e. The first kappa shape index (κ1) is 27.4. The summed E-state index contributed by atoms with van der Waals surface area (Å²) < 4.78 is 0. The molecule has 5 N–H and O–H groups in total. The van der Waals surface area contributed by atoms with Crippen LogP contribution in [0, 0.1) is 22.7 Å². The Kier molecular flexibility index (Phi) is 9.30. The SMILES string of the molecule is CCc1c(C#N)c(SC(C(N)=O)c2ccccc2)nc(N(C)CCN2CCC(O)(CN)CC2)c1C#N. The fourth-order valence-electron chi connectivity index (χ4n) is 4.37. The molecule has 0 saturated carbocycles. The van der Waals surface area contributed by atoms with Crippen molar-refractivity contribution in [3.05, 3.63) is 52.6 Å². The van der Waals surface area contributed by atoms with Gasteiger partial charge < -0.3 is 26.4 Å². The van der Waals surface area contributed by atoms with E-state index in [0.29, 0.717) is 53.3 Å². The van der Waals surface area contributed by atoms with Crippen LogP contribution in [0.2, 0.25) is 0 Å². The molecule has 1 fully saturated rings. The van der Waals surface area contributed by atoms with Crippen molar-refractivity contribution in [2.24, 2.45) is 11.5 Å². The van der Waals surface area contributed by atoms with Crippen molar-refractivity contribution < 1.29 is 9.90 Å². The van der Waals surface area contributed by atoms with E-state index in [1.165, 1.54) is 0 Å². The van der Waals surface area contributed by atoms with Crippen molar-refractivity contribution >= 4 is 23.5 Å². The number of nitrogens with two attached hydrogens (primary N) is 2. The van der Waals surface area contributed by atoms with Crippen LogP contribution in [0.4, 0.5) is 5.82 Å². The summed E-state index contributed by atoms with van der Waals surface area (Å²) in [6.45, 7) is 4.96. The van der Waals surface area contributed by atoms with Gasteiger partial charge in [-0.2, -0.15) is 10.5 Å². The van der Waals surface area contributed by atoms with E-state index in [2.05, 4.69) is 17.0 Å². The lowest BCUT2D eigenvalue weighted by Crippen LogP contribution is -2.49. The molecule has 1 saturated heterocycles. The van der Waals surface area contributed by atoms with Gasteiger partial charge in [-0.05, 0) is 30.4 Å². The zero-order chi connectivity index (χ0) is 26.3. The number of aliphatic hydroxyl groups is 1. The van der Waals surface area contributed by atoms with Crippen molar-refractivity contribution in [1.29, 1.82) is 10.5 Å². The van der Waals surface area contributed by atoms with Crippen LogP contribution in [0.25, 0.3) is 0 Å². The number of likely N-dealkylation sites (tertiary alicyclic amines) is 1. The molecule has 36 heavy (non-hydrogen) atoms. The molecule has 2 aromatic rings. The summed E-state index contributed by atoms with van der Waals surface area (Å²) in [4.78, 5) is 21.2. The van der Waals surface area contributed by atoms with Gasteiger partial charge in [0.2, 0.25) is 5.91 Å². The van der Waals surface area contributed by atoms with Crippen LogP contribution >= 0.6 is 11.8 Å². The van der Waals surface area contributed by atoms with Gasteiger partial charge in [-0.15, -0.1) is 0 Å². The number of hydrogen-bond donors (Lipinski definition) is 3. The third kappa shape index (κ3) is 6.15. The summed E-state index contributed by atoms with van der Waals surface area (Å²) in [5.41, 5.74) is 12.6. The Morgan fingerprint density at radius 1 is 1.25 bits per heavy atom. The Labute approximate surface area is 216 Å². The third-order valence-electron chi connectivity index (χ3n) is 6.70. The standard InChI is InChI=1S/C26H33N7O2S/c1-3-19-20(15-27)24(32(2)13-14-33-11-9-26(35,17-29)10-12-33)31-25(21(19)16-28)36-22(23(30)34)18-7-5-4-6-8-18/h4-8,22,35H,3,9-14,17,29H2,1-2H3,(H2,30,34). The predicted octanol–water partition coefficient (Wildman–Crippen LogP) is 1.93. The van der Waals surface area contributed by atoms with Gasteiger partial charge in [0.25, 0.3) is 0 Å². The number of aromatic nitrogens is 1. The van der Waals surface area contributed by atoms with E-state index >= 15 is 0 Å². The average Bonchev–Trinajstić information content (AvgIpc) is 2.90. The Balaban J connectivity index is 1.90. The molecule has 190 valence electrons. The summed E-state index contributed by atoms with van der Waals surface area (Å²) in [6.07, 6.45) is 1.72. The summed E-state index contributed by atoms with van der Waals surface area (Å²) in [5, 5.41) is 30.0. The number of thioether (sulfide) groups is 1. The van der Waals surface area contributed by atoms with Gasteiger partial charge in [-0.25, -0.2) is 4.98 Å². The highest BCUT2D eigenvalue weighted by molar-refractivity contribution is 8.00. The molecule has 0 radical (unpaired) electrons. The molecular formula is C26H33N7O2S. The first-order valence-electron chi connectivity index (χ1n) is 12.0. The van der Waals surface area contributed by atoms with E-state index in [0.717, 1.165) is 37.0 Å². The number of rotatable bonds is 10. The number of pyridine rings is 1. The molecule has 3 rings (SSSR count). The van der Waals surface area contributed by atoms with Crippen LogP contribution in [-0.2, 0) is 11.2 Å². The molecule has 1 amide bonds. The third-order valence-corrected chi connectivity index (χ3v) is 7.95. The smallest absolute Gasteiger partial charge is 0.235 e. The van der Waals surface area contributed by atoms with Gasteiger partial charge >= 0.3 is 0 Å². The van der Waals surface area contributed by atoms with Crippen LogP contribution in [0.15, 0.2) is 35.4 Å². The number of carbonyl (C=O) groups is 1. The van der Waals surface area contributed by atoms with Crippen molar-refractivity contribution in [1.82, 2.24) is 9.88 Å². The number of primary amides is 1. The van der Waals surface area contributed by atoms with E-state index in [9.17, 15) is 20.4 Å².